The van der Waals surface area contributed by atoms with E-state index >= 15 is 0 Å². The van der Waals surface area contributed by atoms with Gasteiger partial charge in [-0.25, -0.2) is 9.78 Å². The number of rotatable bonds is 4. The molecule has 2 heterocycles. The van der Waals surface area contributed by atoms with Crippen LogP contribution in [0, 0.1) is 0 Å². The summed E-state index contributed by atoms with van der Waals surface area (Å²) in [6, 6.07) is 4.56. The summed E-state index contributed by atoms with van der Waals surface area (Å²) in [6.07, 6.45) is 1.31. The van der Waals surface area contributed by atoms with Gasteiger partial charge in [0.15, 0.2) is 0 Å². The second-order valence-electron chi connectivity index (χ2n) is 3.99. The molecule has 0 radical (unpaired) electrons. The molecule has 98 valence electrons. The van der Waals surface area contributed by atoms with E-state index in [2.05, 4.69) is 10.3 Å². The molecule has 0 spiro atoms. The van der Waals surface area contributed by atoms with E-state index in [0.29, 0.717) is 0 Å². The van der Waals surface area contributed by atoms with Crippen LogP contribution in [0.1, 0.15) is 39.4 Å². The van der Waals surface area contributed by atoms with E-state index in [9.17, 15) is 9.59 Å². The van der Waals surface area contributed by atoms with Gasteiger partial charge in [0.05, 0.1) is 6.04 Å². The molecule has 1 unspecified atom stereocenters. The van der Waals surface area contributed by atoms with Crippen LogP contribution < -0.4 is 5.32 Å². The van der Waals surface area contributed by atoms with Crippen LogP contribution in [-0.4, -0.2) is 22.0 Å². The maximum atomic E-state index is 12.0. The molecule has 0 saturated heterocycles. The molecule has 0 aliphatic rings. The van der Waals surface area contributed by atoms with Crippen molar-refractivity contribution in [3.05, 3.63) is 52.0 Å². The van der Waals surface area contributed by atoms with Gasteiger partial charge in [-0.05, 0) is 41.4 Å². The molecule has 1 atom stereocenters. The summed E-state index contributed by atoms with van der Waals surface area (Å²) in [5.41, 5.74) is 1.16. The Morgan fingerprint density at radius 1 is 1.42 bits per heavy atom. The van der Waals surface area contributed by atoms with Gasteiger partial charge < -0.3 is 10.4 Å². The average Bonchev–Trinajstić information content (AvgIpc) is 2.92. The molecule has 0 bridgehead atoms. The number of thiophene rings is 1. The van der Waals surface area contributed by atoms with E-state index in [1.54, 1.807) is 11.3 Å². The Morgan fingerprint density at radius 3 is 2.84 bits per heavy atom. The Hall–Kier alpha value is -2.21. The Morgan fingerprint density at radius 2 is 2.21 bits per heavy atom. The predicted molar refractivity (Wildman–Crippen MR) is 71.4 cm³/mol. The molecule has 2 aromatic heterocycles. The summed E-state index contributed by atoms with van der Waals surface area (Å²) in [5.74, 6) is -1.47. The molecule has 2 rings (SSSR count). The second kappa shape index (κ2) is 5.62. The van der Waals surface area contributed by atoms with Crippen LogP contribution in [0.25, 0.3) is 0 Å². The molecule has 0 saturated carbocycles. The van der Waals surface area contributed by atoms with Crippen molar-refractivity contribution < 1.29 is 14.7 Å². The first-order valence-corrected chi connectivity index (χ1v) is 6.54. The van der Waals surface area contributed by atoms with E-state index in [4.69, 9.17) is 5.11 Å². The number of hydrogen-bond donors (Lipinski definition) is 2. The molecule has 1 amide bonds. The largest absolute Gasteiger partial charge is 0.477 e. The van der Waals surface area contributed by atoms with E-state index in [0.717, 1.165) is 5.56 Å². The zero-order valence-corrected chi connectivity index (χ0v) is 11.0. The van der Waals surface area contributed by atoms with Gasteiger partial charge in [0.2, 0.25) is 0 Å². The fourth-order valence-corrected chi connectivity index (χ4v) is 2.33. The van der Waals surface area contributed by atoms with Gasteiger partial charge in [-0.15, -0.1) is 0 Å². The van der Waals surface area contributed by atoms with Gasteiger partial charge in [-0.3, -0.25) is 4.79 Å². The number of amides is 1. The molecule has 5 nitrogen and oxygen atoms in total. The third kappa shape index (κ3) is 3.17. The normalized spacial score (nSPS) is 11.8. The average molecular weight is 276 g/mol. The smallest absolute Gasteiger partial charge is 0.354 e. The highest BCUT2D eigenvalue weighted by Crippen LogP contribution is 2.16. The topological polar surface area (TPSA) is 79.3 Å². The lowest BCUT2D eigenvalue weighted by Crippen LogP contribution is -2.26. The third-order valence-corrected chi connectivity index (χ3v) is 3.33. The Labute approximate surface area is 113 Å². The second-order valence-corrected chi connectivity index (χ2v) is 4.77. The van der Waals surface area contributed by atoms with Gasteiger partial charge >= 0.3 is 5.97 Å². The van der Waals surface area contributed by atoms with Crippen molar-refractivity contribution in [2.75, 3.05) is 0 Å². The van der Waals surface area contributed by atoms with E-state index in [-0.39, 0.29) is 23.2 Å². The lowest BCUT2D eigenvalue weighted by atomic mass is 10.1. The molecule has 2 aromatic rings. The predicted octanol–water partition coefficient (Wildman–Crippen LogP) is 2.33. The number of pyridine rings is 1. The van der Waals surface area contributed by atoms with Crippen LogP contribution in [0.15, 0.2) is 35.2 Å². The standard InChI is InChI=1S/C13H12N2O3S/c1-8(10-3-5-19-7-10)15-12(16)9-2-4-14-11(6-9)13(17)18/h2-8H,1H3,(H,15,16)(H,17,18). The summed E-state index contributed by atoms with van der Waals surface area (Å²) in [5, 5.41) is 15.5. The minimum absolute atomic E-state index is 0.125. The summed E-state index contributed by atoms with van der Waals surface area (Å²) >= 11 is 1.56. The molecule has 0 aliphatic carbocycles. The lowest BCUT2D eigenvalue weighted by Gasteiger charge is -2.12. The first-order valence-electron chi connectivity index (χ1n) is 5.60. The van der Waals surface area contributed by atoms with Crippen molar-refractivity contribution in [3.8, 4) is 0 Å². The number of hydrogen-bond acceptors (Lipinski definition) is 4. The van der Waals surface area contributed by atoms with Gasteiger partial charge in [0.1, 0.15) is 5.69 Å². The Kier molecular flexibility index (Phi) is 3.91. The molecule has 0 fully saturated rings. The number of aromatic nitrogens is 1. The number of carboxylic acids is 1. The minimum Gasteiger partial charge on any atom is -0.477 e. The summed E-state index contributed by atoms with van der Waals surface area (Å²) in [7, 11) is 0. The Balaban J connectivity index is 2.12. The molecule has 2 N–H and O–H groups in total. The van der Waals surface area contributed by atoms with E-state index in [1.165, 1.54) is 18.3 Å². The van der Waals surface area contributed by atoms with Crippen LogP contribution in [0.3, 0.4) is 0 Å². The Bertz CT molecular complexity index is 596. The van der Waals surface area contributed by atoms with Gasteiger partial charge in [0.25, 0.3) is 5.91 Å². The zero-order chi connectivity index (χ0) is 13.8. The molecule has 6 heteroatoms. The summed E-state index contributed by atoms with van der Waals surface area (Å²) in [4.78, 5) is 26.5. The fraction of sp³-hybridized carbons (Fsp3) is 0.154. The lowest BCUT2D eigenvalue weighted by molar-refractivity contribution is 0.0690. The first kappa shape index (κ1) is 13.2. The highest BCUT2D eigenvalue weighted by Gasteiger charge is 2.14. The van der Waals surface area contributed by atoms with E-state index in [1.807, 2.05) is 23.8 Å². The summed E-state index contributed by atoms with van der Waals surface area (Å²) < 4.78 is 0. The number of carbonyl (C=O) groups excluding carboxylic acids is 1. The number of nitrogens with one attached hydrogen (secondary N) is 1. The fourth-order valence-electron chi connectivity index (χ4n) is 1.57. The molecular weight excluding hydrogens is 264 g/mol. The van der Waals surface area contributed by atoms with Gasteiger partial charge in [0, 0.05) is 11.8 Å². The third-order valence-electron chi connectivity index (χ3n) is 2.63. The van der Waals surface area contributed by atoms with Crippen molar-refractivity contribution in [2.24, 2.45) is 0 Å². The zero-order valence-electron chi connectivity index (χ0n) is 10.2. The van der Waals surface area contributed by atoms with Crippen molar-refractivity contribution in [1.82, 2.24) is 10.3 Å². The highest BCUT2D eigenvalue weighted by molar-refractivity contribution is 7.07. The minimum atomic E-state index is -1.15. The van der Waals surface area contributed by atoms with Crippen molar-refractivity contribution in [3.63, 3.8) is 0 Å². The van der Waals surface area contributed by atoms with Crippen molar-refractivity contribution in [2.45, 2.75) is 13.0 Å². The first-order chi connectivity index (χ1) is 9.08. The van der Waals surface area contributed by atoms with E-state index < -0.39 is 5.97 Å². The maximum absolute atomic E-state index is 12.0. The van der Waals surface area contributed by atoms with Crippen LogP contribution >= 0.6 is 11.3 Å². The molecule has 0 aliphatic heterocycles. The van der Waals surface area contributed by atoms with Gasteiger partial charge in [-0.2, -0.15) is 11.3 Å². The SMILES string of the molecule is CC(NC(=O)c1ccnc(C(=O)O)c1)c1ccsc1. The molecule has 19 heavy (non-hydrogen) atoms. The summed E-state index contributed by atoms with van der Waals surface area (Å²) in [6.45, 7) is 1.87. The van der Waals surface area contributed by atoms with Crippen molar-refractivity contribution >= 4 is 23.2 Å². The van der Waals surface area contributed by atoms with Gasteiger partial charge in [-0.1, -0.05) is 0 Å². The number of nitrogens with zero attached hydrogens (tertiary/aromatic N) is 1. The van der Waals surface area contributed by atoms with Crippen LogP contribution in [0.2, 0.25) is 0 Å². The molecule has 0 aromatic carbocycles. The number of carboxylic acid groups (broad SMARTS) is 1. The molecular formula is C13H12N2O3S. The van der Waals surface area contributed by atoms with Crippen molar-refractivity contribution in [1.29, 1.82) is 0 Å². The van der Waals surface area contributed by atoms with Crippen LogP contribution in [-0.2, 0) is 0 Å². The van der Waals surface area contributed by atoms with Crippen LogP contribution in [0.4, 0.5) is 0 Å². The van der Waals surface area contributed by atoms with Crippen LogP contribution in [0.5, 0.6) is 0 Å². The maximum Gasteiger partial charge on any atom is 0.354 e. The monoisotopic (exact) mass is 276 g/mol. The highest BCUT2D eigenvalue weighted by atomic mass is 32.1. The number of aromatic carboxylic acids is 1. The quantitative estimate of drug-likeness (QED) is 0.898. The number of carbonyl (C=O) groups is 2.